The van der Waals surface area contributed by atoms with E-state index in [2.05, 4.69) is 5.10 Å². The first-order chi connectivity index (χ1) is 13.6. The largest absolute Gasteiger partial charge is 0.494 e. The van der Waals surface area contributed by atoms with Crippen LogP contribution in [0.5, 0.6) is 5.75 Å². The molecule has 150 valence electrons. The Bertz CT molecular complexity index is 1080. The van der Waals surface area contributed by atoms with Gasteiger partial charge in [0.15, 0.2) is 0 Å². The highest BCUT2D eigenvalue weighted by atomic mass is 35.5. The fourth-order valence-corrected chi connectivity index (χ4v) is 3.44. The van der Waals surface area contributed by atoms with Crippen LogP contribution in [0.2, 0.25) is 5.02 Å². The number of benzene rings is 2. The Morgan fingerprint density at radius 2 is 1.72 bits per heavy atom. The summed E-state index contributed by atoms with van der Waals surface area (Å²) < 4.78 is 19.1. The van der Waals surface area contributed by atoms with Crippen molar-refractivity contribution in [3.8, 4) is 11.4 Å². The molecule has 0 atom stereocenters. The number of aromatic nitrogens is 2. The van der Waals surface area contributed by atoms with Gasteiger partial charge in [-0.2, -0.15) is 5.10 Å². The second-order valence-corrected chi connectivity index (χ2v) is 8.60. The van der Waals surface area contributed by atoms with Crippen molar-refractivity contribution in [1.82, 2.24) is 9.78 Å². The molecule has 3 aromatic rings. The van der Waals surface area contributed by atoms with E-state index in [1.165, 1.54) is 6.92 Å². The molecule has 8 heteroatoms. The number of rotatable bonds is 3. The van der Waals surface area contributed by atoms with E-state index in [-0.39, 0.29) is 11.2 Å². The molecule has 6 nitrogen and oxygen atoms in total. The third kappa shape index (κ3) is 3.66. The Labute approximate surface area is 174 Å². The summed E-state index contributed by atoms with van der Waals surface area (Å²) in [6.45, 7) is 9.48. The molecule has 0 bridgehead atoms. The van der Waals surface area contributed by atoms with E-state index in [9.17, 15) is 4.79 Å². The SMILES string of the molecule is CC(=O)Oc1cc(Cl)c2nn(-c3ccc(B4OC(C)(C)C(C)(C)O4)cc3)cc2c1. The van der Waals surface area contributed by atoms with Crippen LogP contribution >= 0.6 is 11.6 Å². The van der Waals surface area contributed by atoms with Crippen LogP contribution in [-0.2, 0) is 14.1 Å². The van der Waals surface area contributed by atoms with Crippen molar-refractivity contribution >= 4 is 41.1 Å². The van der Waals surface area contributed by atoms with Gasteiger partial charge in [0.05, 0.1) is 21.9 Å². The van der Waals surface area contributed by atoms with Crippen molar-refractivity contribution in [2.24, 2.45) is 0 Å². The van der Waals surface area contributed by atoms with Gasteiger partial charge in [0.2, 0.25) is 0 Å². The molecule has 0 unspecified atom stereocenters. The average molecular weight is 413 g/mol. The zero-order valence-electron chi connectivity index (χ0n) is 17.0. The van der Waals surface area contributed by atoms with E-state index in [1.54, 1.807) is 16.8 Å². The predicted octanol–water partition coefficient (Wildman–Crippen LogP) is 3.90. The minimum Gasteiger partial charge on any atom is -0.427 e. The zero-order valence-corrected chi connectivity index (χ0v) is 17.8. The van der Waals surface area contributed by atoms with Crippen LogP contribution in [0.1, 0.15) is 34.6 Å². The molecule has 0 amide bonds. The second kappa shape index (κ2) is 6.87. The molecule has 0 spiro atoms. The number of hydrogen-bond donors (Lipinski definition) is 0. The van der Waals surface area contributed by atoms with Crippen molar-refractivity contribution in [1.29, 1.82) is 0 Å². The fraction of sp³-hybridized carbons (Fsp3) is 0.333. The highest BCUT2D eigenvalue weighted by Crippen LogP contribution is 2.36. The van der Waals surface area contributed by atoms with Gasteiger partial charge >= 0.3 is 13.1 Å². The van der Waals surface area contributed by atoms with E-state index >= 15 is 0 Å². The lowest BCUT2D eigenvalue weighted by Gasteiger charge is -2.32. The van der Waals surface area contributed by atoms with Gasteiger partial charge in [0.1, 0.15) is 11.3 Å². The van der Waals surface area contributed by atoms with Crippen LogP contribution in [0.25, 0.3) is 16.6 Å². The third-order valence-electron chi connectivity index (χ3n) is 5.48. The van der Waals surface area contributed by atoms with Crippen molar-refractivity contribution in [2.45, 2.75) is 45.8 Å². The van der Waals surface area contributed by atoms with Gasteiger partial charge in [-0.3, -0.25) is 4.79 Å². The molecule has 1 aliphatic heterocycles. The first-order valence-corrected chi connectivity index (χ1v) is 9.77. The number of hydrogen-bond acceptors (Lipinski definition) is 5. The van der Waals surface area contributed by atoms with Gasteiger partial charge in [-0.25, -0.2) is 4.68 Å². The minimum absolute atomic E-state index is 0.382. The van der Waals surface area contributed by atoms with Gasteiger partial charge in [0, 0.05) is 24.6 Å². The Balaban J connectivity index is 1.62. The number of carbonyl (C=O) groups excluding carboxylic acids is 1. The summed E-state index contributed by atoms with van der Waals surface area (Å²) in [5, 5.41) is 5.76. The Hall–Kier alpha value is -2.35. The maximum absolute atomic E-state index is 11.2. The molecular formula is C21H22BClN2O4. The van der Waals surface area contributed by atoms with E-state index in [1.807, 2.05) is 58.2 Å². The van der Waals surface area contributed by atoms with E-state index in [0.29, 0.717) is 16.3 Å². The van der Waals surface area contributed by atoms with Crippen LogP contribution in [0, 0.1) is 0 Å². The molecule has 0 aliphatic carbocycles. The van der Waals surface area contributed by atoms with Gasteiger partial charge < -0.3 is 14.0 Å². The summed E-state index contributed by atoms with van der Waals surface area (Å²) in [4.78, 5) is 11.2. The van der Waals surface area contributed by atoms with Crippen LogP contribution in [-0.4, -0.2) is 34.1 Å². The molecule has 1 aromatic heterocycles. The first kappa shape index (κ1) is 19.9. The molecule has 0 N–H and O–H groups in total. The quantitative estimate of drug-likeness (QED) is 0.371. The molecular weight excluding hydrogens is 391 g/mol. The Morgan fingerprint density at radius 3 is 2.31 bits per heavy atom. The second-order valence-electron chi connectivity index (χ2n) is 8.19. The number of fused-ring (bicyclic) bond motifs is 1. The van der Waals surface area contributed by atoms with Crippen molar-refractivity contribution in [3.05, 3.63) is 47.6 Å². The number of nitrogens with zero attached hydrogens (tertiary/aromatic N) is 2. The Morgan fingerprint density at radius 1 is 1.10 bits per heavy atom. The summed E-state index contributed by atoms with van der Waals surface area (Å²) in [6.07, 6.45) is 1.85. The molecule has 0 radical (unpaired) electrons. The van der Waals surface area contributed by atoms with Crippen LogP contribution in [0.15, 0.2) is 42.6 Å². The van der Waals surface area contributed by atoms with Crippen LogP contribution in [0.3, 0.4) is 0 Å². The summed E-state index contributed by atoms with van der Waals surface area (Å²) in [6, 6.07) is 11.2. The van der Waals surface area contributed by atoms with Crippen molar-refractivity contribution < 1.29 is 18.8 Å². The minimum atomic E-state index is -0.411. The van der Waals surface area contributed by atoms with Gasteiger partial charge in [-0.05, 0) is 51.4 Å². The highest BCUT2D eigenvalue weighted by Gasteiger charge is 2.51. The van der Waals surface area contributed by atoms with Gasteiger partial charge in [0.25, 0.3) is 0 Å². The number of esters is 1. The lowest BCUT2D eigenvalue weighted by atomic mass is 9.79. The zero-order chi connectivity index (χ0) is 21.0. The number of carbonyl (C=O) groups is 1. The monoisotopic (exact) mass is 412 g/mol. The normalized spacial score (nSPS) is 17.7. The van der Waals surface area contributed by atoms with Crippen molar-refractivity contribution in [2.75, 3.05) is 0 Å². The average Bonchev–Trinajstić information content (AvgIpc) is 3.13. The molecule has 1 aliphatic rings. The maximum Gasteiger partial charge on any atom is 0.494 e. The lowest BCUT2D eigenvalue weighted by Crippen LogP contribution is -2.41. The van der Waals surface area contributed by atoms with E-state index < -0.39 is 13.1 Å². The standard InChI is InChI=1S/C21H22BClN2O4/c1-13(26)27-17-10-14-12-25(24-19(14)18(23)11-17)16-8-6-15(7-9-16)22-28-20(2,3)21(4,5)29-22/h6-12H,1-5H3. The number of halogens is 1. The molecule has 1 fully saturated rings. The highest BCUT2D eigenvalue weighted by molar-refractivity contribution is 6.62. The molecule has 4 rings (SSSR count). The molecule has 1 saturated heterocycles. The van der Waals surface area contributed by atoms with Crippen LogP contribution < -0.4 is 10.2 Å². The summed E-state index contributed by atoms with van der Waals surface area (Å²) in [5.74, 6) is -0.00300. The summed E-state index contributed by atoms with van der Waals surface area (Å²) in [5.41, 5.74) is 1.68. The lowest BCUT2D eigenvalue weighted by molar-refractivity contribution is -0.131. The molecule has 2 aromatic carbocycles. The number of ether oxygens (including phenoxy) is 1. The Kier molecular flexibility index (Phi) is 4.72. The smallest absolute Gasteiger partial charge is 0.427 e. The van der Waals surface area contributed by atoms with E-state index in [4.69, 9.17) is 25.6 Å². The maximum atomic E-state index is 11.2. The van der Waals surface area contributed by atoms with Crippen LogP contribution in [0.4, 0.5) is 0 Å². The summed E-state index contributed by atoms with van der Waals surface area (Å²) in [7, 11) is -0.411. The van der Waals surface area contributed by atoms with Crippen molar-refractivity contribution in [3.63, 3.8) is 0 Å². The first-order valence-electron chi connectivity index (χ1n) is 9.39. The molecule has 29 heavy (non-hydrogen) atoms. The third-order valence-corrected chi connectivity index (χ3v) is 5.77. The molecule has 2 heterocycles. The molecule has 0 saturated carbocycles. The van der Waals surface area contributed by atoms with E-state index in [0.717, 1.165) is 16.5 Å². The van der Waals surface area contributed by atoms with Gasteiger partial charge in [-0.15, -0.1) is 0 Å². The van der Waals surface area contributed by atoms with Gasteiger partial charge in [-0.1, -0.05) is 23.7 Å². The summed E-state index contributed by atoms with van der Waals surface area (Å²) >= 11 is 6.31. The topological polar surface area (TPSA) is 62.6 Å². The predicted molar refractivity (Wildman–Crippen MR) is 113 cm³/mol. The fourth-order valence-electron chi connectivity index (χ4n) is 3.19.